The van der Waals surface area contributed by atoms with Gasteiger partial charge in [0.05, 0.1) is 17.3 Å². The predicted molar refractivity (Wildman–Crippen MR) is 72.7 cm³/mol. The van der Waals surface area contributed by atoms with E-state index >= 15 is 0 Å². The highest BCUT2D eigenvalue weighted by molar-refractivity contribution is 5.02. The molecule has 0 aliphatic carbocycles. The van der Waals surface area contributed by atoms with E-state index in [2.05, 4.69) is 30.7 Å². The molecule has 0 saturated carbocycles. The van der Waals surface area contributed by atoms with Crippen LogP contribution in [0.1, 0.15) is 27.7 Å². The topological polar surface area (TPSA) is 35.9 Å². The molecule has 2 atom stereocenters. The first-order valence-electron chi connectivity index (χ1n) is 7.01. The summed E-state index contributed by atoms with van der Waals surface area (Å²) in [5.74, 6) is 0.191. The van der Waals surface area contributed by atoms with Crippen LogP contribution in [0.5, 0.6) is 0 Å². The summed E-state index contributed by atoms with van der Waals surface area (Å²) in [4.78, 5) is 4.81. The van der Waals surface area contributed by atoms with Crippen LogP contribution in [0.15, 0.2) is 0 Å². The Kier molecular flexibility index (Phi) is 3.76. The Morgan fingerprint density at radius 3 is 2.06 bits per heavy atom. The highest BCUT2D eigenvalue weighted by Crippen LogP contribution is 2.42. The summed E-state index contributed by atoms with van der Waals surface area (Å²) in [5, 5.41) is 10.5. The summed E-state index contributed by atoms with van der Waals surface area (Å²) in [6.45, 7) is 13.5. The largest absolute Gasteiger partial charge is 0.390 e. The lowest BCUT2D eigenvalue weighted by Crippen LogP contribution is -2.50. The molecule has 4 heteroatoms. The van der Waals surface area contributed by atoms with E-state index in [0.717, 1.165) is 32.7 Å². The Morgan fingerprint density at radius 1 is 1.06 bits per heavy atom. The van der Waals surface area contributed by atoms with Gasteiger partial charge in [-0.05, 0) is 34.7 Å². The monoisotopic (exact) mass is 256 g/mol. The molecule has 0 amide bonds. The van der Waals surface area contributed by atoms with Crippen LogP contribution in [0.25, 0.3) is 0 Å². The average molecular weight is 256 g/mol. The third-order valence-electron chi connectivity index (χ3n) is 4.56. The van der Waals surface area contributed by atoms with Crippen molar-refractivity contribution in [2.45, 2.75) is 45.0 Å². The fraction of sp³-hybridized carbons (Fsp3) is 1.00. The number of hydrogen-bond acceptors (Lipinski definition) is 4. The summed E-state index contributed by atoms with van der Waals surface area (Å²) < 4.78 is 6.04. The molecule has 2 aliphatic heterocycles. The zero-order valence-corrected chi connectivity index (χ0v) is 12.4. The van der Waals surface area contributed by atoms with Gasteiger partial charge in [-0.1, -0.05) is 0 Å². The van der Waals surface area contributed by atoms with E-state index in [4.69, 9.17) is 4.74 Å². The molecule has 0 aromatic heterocycles. The van der Waals surface area contributed by atoms with Gasteiger partial charge in [0.2, 0.25) is 0 Å². The fourth-order valence-corrected chi connectivity index (χ4v) is 3.31. The van der Waals surface area contributed by atoms with Crippen molar-refractivity contribution < 1.29 is 9.84 Å². The summed E-state index contributed by atoms with van der Waals surface area (Å²) >= 11 is 0. The van der Waals surface area contributed by atoms with Crippen molar-refractivity contribution in [2.24, 2.45) is 5.92 Å². The van der Waals surface area contributed by atoms with E-state index < -0.39 is 5.60 Å². The molecule has 18 heavy (non-hydrogen) atoms. The number of nitrogens with zero attached hydrogens (tertiary/aromatic N) is 2. The quantitative estimate of drug-likeness (QED) is 0.793. The molecular formula is C14H28N2O2. The van der Waals surface area contributed by atoms with Crippen LogP contribution < -0.4 is 0 Å². The average Bonchev–Trinajstić information content (AvgIpc) is 2.39. The minimum atomic E-state index is -0.430. The molecule has 4 nitrogen and oxygen atoms in total. The molecule has 0 bridgehead atoms. The summed E-state index contributed by atoms with van der Waals surface area (Å²) in [6, 6.07) is 0. The molecular weight excluding hydrogens is 228 g/mol. The molecule has 2 saturated heterocycles. The molecule has 0 aromatic carbocycles. The second-order valence-corrected chi connectivity index (χ2v) is 6.96. The van der Waals surface area contributed by atoms with Crippen LogP contribution in [-0.4, -0.2) is 72.0 Å². The van der Waals surface area contributed by atoms with Gasteiger partial charge in [0.15, 0.2) is 0 Å². The van der Waals surface area contributed by atoms with Crippen molar-refractivity contribution in [3.05, 3.63) is 0 Å². The van der Waals surface area contributed by atoms with Crippen molar-refractivity contribution in [3.63, 3.8) is 0 Å². The lowest BCUT2D eigenvalue weighted by Gasteiger charge is -2.37. The van der Waals surface area contributed by atoms with E-state index in [-0.39, 0.29) is 17.6 Å². The minimum absolute atomic E-state index is 0.191. The molecule has 0 radical (unpaired) electrons. The molecule has 1 N–H and O–H groups in total. The second kappa shape index (κ2) is 4.75. The van der Waals surface area contributed by atoms with Crippen LogP contribution >= 0.6 is 0 Å². The van der Waals surface area contributed by atoms with Gasteiger partial charge in [-0.15, -0.1) is 0 Å². The van der Waals surface area contributed by atoms with Gasteiger partial charge in [0, 0.05) is 38.6 Å². The summed E-state index contributed by atoms with van der Waals surface area (Å²) in [7, 11) is 2.16. The van der Waals surface area contributed by atoms with Crippen molar-refractivity contribution in [3.8, 4) is 0 Å². The first kappa shape index (κ1) is 14.3. The van der Waals surface area contributed by atoms with Gasteiger partial charge in [-0.2, -0.15) is 0 Å². The number of likely N-dealkylation sites (N-methyl/N-ethyl adjacent to an activating group) is 1. The third-order valence-corrected chi connectivity index (χ3v) is 4.56. The Labute approximate surface area is 111 Å². The number of ether oxygens (including phenoxy) is 1. The molecule has 2 heterocycles. The maximum Gasteiger partial charge on any atom is 0.0896 e. The smallest absolute Gasteiger partial charge is 0.0896 e. The number of rotatable bonds is 2. The Bertz CT molecular complexity index is 296. The minimum Gasteiger partial charge on any atom is -0.390 e. The molecule has 2 fully saturated rings. The lowest BCUT2D eigenvalue weighted by molar-refractivity contribution is -0.0915. The van der Waals surface area contributed by atoms with Crippen molar-refractivity contribution in [1.82, 2.24) is 9.80 Å². The molecule has 2 unspecified atom stereocenters. The van der Waals surface area contributed by atoms with Crippen LogP contribution in [0.3, 0.4) is 0 Å². The second-order valence-electron chi connectivity index (χ2n) is 6.96. The van der Waals surface area contributed by atoms with E-state index in [9.17, 15) is 5.11 Å². The molecule has 0 spiro atoms. The van der Waals surface area contributed by atoms with Crippen LogP contribution in [0.2, 0.25) is 0 Å². The van der Waals surface area contributed by atoms with E-state index in [1.807, 2.05) is 13.8 Å². The van der Waals surface area contributed by atoms with Gasteiger partial charge in [0.1, 0.15) is 0 Å². The zero-order valence-electron chi connectivity index (χ0n) is 12.4. The van der Waals surface area contributed by atoms with Gasteiger partial charge < -0.3 is 19.6 Å². The van der Waals surface area contributed by atoms with Crippen molar-refractivity contribution in [1.29, 1.82) is 0 Å². The number of hydrogen-bond donors (Lipinski definition) is 1. The highest BCUT2D eigenvalue weighted by Gasteiger charge is 2.53. The normalized spacial score (nSPS) is 37.0. The SMILES string of the molecule is CN1CCN(CC2C(O)C(C)(C)OC2(C)C)CC1. The molecule has 106 valence electrons. The molecule has 0 aromatic rings. The van der Waals surface area contributed by atoms with Gasteiger partial charge in [-0.3, -0.25) is 0 Å². The Morgan fingerprint density at radius 2 is 1.61 bits per heavy atom. The standard InChI is InChI=1S/C14H28N2O2/c1-13(2)11(12(17)14(3,4)18-13)10-16-8-6-15(5)7-9-16/h11-12,17H,6-10H2,1-5H3. The molecule has 2 aliphatic rings. The first-order valence-corrected chi connectivity index (χ1v) is 7.01. The highest BCUT2D eigenvalue weighted by atomic mass is 16.5. The van der Waals surface area contributed by atoms with Crippen LogP contribution in [-0.2, 0) is 4.74 Å². The predicted octanol–water partition coefficient (Wildman–Crippen LogP) is 0.798. The van der Waals surface area contributed by atoms with E-state index in [0.29, 0.717) is 0 Å². The third kappa shape index (κ3) is 2.72. The van der Waals surface area contributed by atoms with E-state index in [1.165, 1.54) is 0 Å². The molecule has 2 rings (SSSR count). The lowest BCUT2D eigenvalue weighted by atomic mass is 9.84. The van der Waals surface area contributed by atoms with E-state index in [1.54, 1.807) is 0 Å². The van der Waals surface area contributed by atoms with Gasteiger partial charge >= 0.3 is 0 Å². The fourth-order valence-electron chi connectivity index (χ4n) is 3.31. The van der Waals surface area contributed by atoms with Crippen molar-refractivity contribution in [2.75, 3.05) is 39.8 Å². The van der Waals surface area contributed by atoms with Crippen LogP contribution in [0, 0.1) is 5.92 Å². The Balaban J connectivity index is 2.00. The number of aliphatic hydroxyl groups excluding tert-OH is 1. The van der Waals surface area contributed by atoms with Gasteiger partial charge in [-0.25, -0.2) is 0 Å². The number of aliphatic hydroxyl groups is 1. The first-order chi connectivity index (χ1) is 8.22. The van der Waals surface area contributed by atoms with Crippen molar-refractivity contribution >= 4 is 0 Å². The van der Waals surface area contributed by atoms with Gasteiger partial charge in [0.25, 0.3) is 0 Å². The number of piperazine rings is 1. The Hall–Kier alpha value is -0.160. The summed E-state index contributed by atoms with van der Waals surface area (Å²) in [6.07, 6.45) is -0.382. The van der Waals surface area contributed by atoms with Crippen LogP contribution in [0.4, 0.5) is 0 Å². The maximum absolute atomic E-state index is 10.5. The maximum atomic E-state index is 10.5. The zero-order chi connectivity index (χ0) is 13.6. The summed E-state index contributed by atoms with van der Waals surface area (Å²) in [5.41, 5.74) is -0.674.